The normalized spacial score (nSPS) is 17.9. The van der Waals surface area contributed by atoms with Crippen LogP contribution >= 0.6 is 0 Å². The molecule has 74 valence electrons. The quantitative estimate of drug-likeness (QED) is 0.657. The summed E-state index contributed by atoms with van der Waals surface area (Å²) in [6.45, 7) is 5.54. The Morgan fingerprint density at radius 2 is 2.23 bits per heavy atom. The van der Waals surface area contributed by atoms with Crippen molar-refractivity contribution in [3.63, 3.8) is 0 Å². The molecule has 0 aromatic rings. The van der Waals surface area contributed by atoms with Crippen LogP contribution in [0.25, 0.3) is 0 Å². The van der Waals surface area contributed by atoms with E-state index in [2.05, 4.69) is 11.8 Å². The Balaban J connectivity index is 2.37. The average molecular weight is 183 g/mol. The Bertz CT molecular complexity index is 219. The van der Waals surface area contributed by atoms with Crippen LogP contribution < -0.4 is 0 Å². The van der Waals surface area contributed by atoms with E-state index in [1.165, 1.54) is 12.8 Å². The van der Waals surface area contributed by atoms with Crippen LogP contribution in [0.3, 0.4) is 0 Å². The number of carbonyl (C=O) groups is 1. The molecule has 1 aliphatic rings. The zero-order chi connectivity index (χ0) is 9.84. The molecule has 1 N–H and O–H groups in total. The average Bonchev–Trinajstić information content (AvgIpc) is 2.88. The number of nitrogens with zero attached hydrogens (tertiary/aromatic N) is 1. The molecule has 3 nitrogen and oxygen atoms in total. The molecule has 1 fully saturated rings. The lowest BCUT2D eigenvalue weighted by atomic mass is 10.3. The first-order valence-electron chi connectivity index (χ1n) is 4.79. The van der Waals surface area contributed by atoms with E-state index in [1.807, 2.05) is 0 Å². The van der Waals surface area contributed by atoms with Crippen molar-refractivity contribution in [1.82, 2.24) is 4.90 Å². The van der Waals surface area contributed by atoms with Gasteiger partial charge >= 0.3 is 5.97 Å². The summed E-state index contributed by atoms with van der Waals surface area (Å²) < 4.78 is 0. The molecule has 0 unspecified atom stereocenters. The molecule has 0 aromatic carbocycles. The molecule has 0 bridgehead atoms. The predicted molar refractivity (Wildman–Crippen MR) is 51.7 cm³/mol. The second-order valence-electron chi connectivity index (χ2n) is 3.51. The molecule has 0 spiro atoms. The Labute approximate surface area is 79.0 Å². The van der Waals surface area contributed by atoms with Gasteiger partial charge in [0.15, 0.2) is 0 Å². The molecule has 0 aromatic heterocycles. The summed E-state index contributed by atoms with van der Waals surface area (Å²) in [6.07, 6.45) is 4.34. The largest absolute Gasteiger partial charge is 0.478 e. The Morgan fingerprint density at radius 1 is 1.62 bits per heavy atom. The molecule has 0 heterocycles. The smallest absolute Gasteiger partial charge is 0.330 e. The number of rotatable bonds is 5. The fraction of sp³-hybridized carbons (Fsp3) is 0.700. The van der Waals surface area contributed by atoms with Crippen LogP contribution in [0.5, 0.6) is 0 Å². The van der Waals surface area contributed by atoms with E-state index in [4.69, 9.17) is 5.11 Å². The highest BCUT2D eigenvalue weighted by molar-refractivity contribution is 5.85. The predicted octanol–water partition coefficient (Wildman–Crippen LogP) is 1.50. The Kier molecular flexibility index (Phi) is 3.48. The van der Waals surface area contributed by atoms with Gasteiger partial charge in [-0.1, -0.05) is 13.0 Å². The minimum atomic E-state index is -0.813. The summed E-state index contributed by atoms with van der Waals surface area (Å²) in [6, 6.07) is 0.711. The summed E-state index contributed by atoms with van der Waals surface area (Å²) in [4.78, 5) is 12.8. The first kappa shape index (κ1) is 10.3. The van der Waals surface area contributed by atoms with Gasteiger partial charge in [0, 0.05) is 18.2 Å². The lowest BCUT2D eigenvalue weighted by Crippen LogP contribution is -2.26. The number of hydrogen-bond donors (Lipinski definition) is 1. The van der Waals surface area contributed by atoms with Crippen LogP contribution in [0, 0.1) is 0 Å². The minimum Gasteiger partial charge on any atom is -0.478 e. The SMILES string of the molecule is CCN(CC=C(C)C(=O)O)C1CC1. The van der Waals surface area contributed by atoms with Crippen molar-refractivity contribution < 1.29 is 9.90 Å². The monoisotopic (exact) mass is 183 g/mol. The Morgan fingerprint density at radius 3 is 2.62 bits per heavy atom. The highest BCUT2D eigenvalue weighted by Crippen LogP contribution is 2.26. The summed E-state index contributed by atoms with van der Waals surface area (Å²) in [7, 11) is 0. The van der Waals surface area contributed by atoms with E-state index in [9.17, 15) is 4.79 Å². The molecule has 0 saturated heterocycles. The van der Waals surface area contributed by atoms with Crippen LogP contribution in [-0.2, 0) is 4.79 Å². The minimum absolute atomic E-state index is 0.444. The molecular formula is C10H17NO2. The lowest BCUT2D eigenvalue weighted by Gasteiger charge is -2.17. The van der Waals surface area contributed by atoms with Crippen LogP contribution in [0.4, 0.5) is 0 Å². The maximum absolute atomic E-state index is 10.5. The van der Waals surface area contributed by atoms with Gasteiger partial charge in [0.05, 0.1) is 0 Å². The van der Waals surface area contributed by atoms with E-state index in [-0.39, 0.29) is 0 Å². The van der Waals surface area contributed by atoms with Gasteiger partial charge in [0.25, 0.3) is 0 Å². The van der Waals surface area contributed by atoms with E-state index in [0.717, 1.165) is 13.1 Å². The van der Waals surface area contributed by atoms with Crippen molar-refractivity contribution in [2.45, 2.75) is 32.7 Å². The standard InChI is InChI=1S/C10H17NO2/c1-3-11(9-4-5-9)7-6-8(2)10(12)13/h6,9H,3-5,7H2,1-2H3,(H,12,13). The van der Waals surface area contributed by atoms with Gasteiger partial charge < -0.3 is 5.11 Å². The fourth-order valence-corrected chi connectivity index (χ4v) is 1.32. The highest BCUT2D eigenvalue weighted by atomic mass is 16.4. The van der Waals surface area contributed by atoms with Crippen LogP contribution in [0.2, 0.25) is 0 Å². The third kappa shape index (κ3) is 3.19. The number of carboxylic acids is 1. The second kappa shape index (κ2) is 4.42. The molecule has 0 amide bonds. The topological polar surface area (TPSA) is 40.5 Å². The summed E-state index contributed by atoms with van der Waals surface area (Å²) in [5.74, 6) is -0.813. The maximum Gasteiger partial charge on any atom is 0.330 e. The van der Waals surface area contributed by atoms with E-state index in [1.54, 1.807) is 13.0 Å². The van der Waals surface area contributed by atoms with Crippen molar-refractivity contribution in [3.05, 3.63) is 11.6 Å². The van der Waals surface area contributed by atoms with Gasteiger partial charge in [-0.25, -0.2) is 4.79 Å². The molecule has 3 heteroatoms. The third-order valence-corrected chi connectivity index (χ3v) is 2.44. The van der Waals surface area contributed by atoms with Crippen LogP contribution in [-0.4, -0.2) is 35.1 Å². The van der Waals surface area contributed by atoms with Crippen LogP contribution in [0.15, 0.2) is 11.6 Å². The van der Waals surface area contributed by atoms with Gasteiger partial charge in [0.2, 0.25) is 0 Å². The zero-order valence-electron chi connectivity index (χ0n) is 8.29. The van der Waals surface area contributed by atoms with Gasteiger partial charge in [-0.2, -0.15) is 0 Å². The molecule has 1 saturated carbocycles. The molecule has 0 aliphatic heterocycles. The van der Waals surface area contributed by atoms with Crippen molar-refractivity contribution in [1.29, 1.82) is 0 Å². The van der Waals surface area contributed by atoms with Crippen LogP contribution in [0.1, 0.15) is 26.7 Å². The van der Waals surface area contributed by atoms with Gasteiger partial charge in [0.1, 0.15) is 0 Å². The van der Waals surface area contributed by atoms with Crippen molar-refractivity contribution in [2.75, 3.05) is 13.1 Å². The van der Waals surface area contributed by atoms with Crippen molar-refractivity contribution in [2.24, 2.45) is 0 Å². The lowest BCUT2D eigenvalue weighted by molar-refractivity contribution is -0.132. The van der Waals surface area contributed by atoms with E-state index >= 15 is 0 Å². The molecule has 13 heavy (non-hydrogen) atoms. The number of carboxylic acid groups (broad SMARTS) is 1. The summed E-state index contributed by atoms with van der Waals surface area (Å²) in [5.41, 5.74) is 0.444. The highest BCUT2D eigenvalue weighted by Gasteiger charge is 2.26. The zero-order valence-corrected chi connectivity index (χ0v) is 8.29. The second-order valence-corrected chi connectivity index (χ2v) is 3.51. The fourth-order valence-electron chi connectivity index (χ4n) is 1.32. The summed E-state index contributed by atoms with van der Waals surface area (Å²) >= 11 is 0. The van der Waals surface area contributed by atoms with Crippen molar-refractivity contribution in [3.8, 4) is 0 Å². The van der Waals surface area contributed by atoms with E-state index < -0.39 is 5.97 Å². The summed E-state index contributed by atoms with van der Waals surface area (Å²) in [5, 5.41) is 8.64. The van der Waals surface area contributed by atoms with Gasteiger partial charge in [-0.05, 0) is 26.3 Å². The first-order valence-corrected chi connectivity index (χ1v) is 4.79. The number of aliphatic carboxylic acids is 1. The molecule has 1 rings (SSSR count). The third-order valence-electron chi connectivity index (χ3n) is 2.44. The molecule has 0 radical (unpaired) electrons. The maximum atomic E-state index is 10.5. The molecule has 0 atom stereocenters. The molecule has 1 aliphatic carbocycles. The van der Waals surface area contributed by atoms with Crippen molar-refractivity contribution >= 4 is 5.97 Å². The number of hydrogen-bond acceptors (Lipinski definition) is 2. The Hall–Kier alpha value is -0.830. The van der Waals surface area contributed by atoms with E-state index in [0.29, 0.717) is 11.6 Å². The van der Waals surface area contributed by atoms with Gasteiger partial charge in [-0.3, -0.25) is 4.90 Å². The first-order chi connectivity index (χ1) is 6.15. The van der Waals surface area contributed by atoms with Gasteiger partial charge in [-0.15, -0.1) is 0 Å². The molecular weight excluding hydrogens is 166 g/mol. The number of likely N-dealkylation sites (N-methyl/N-ethyl adjacent to an activating group) is 1.